The minimum Gasteiger partial charge on any atom is -0.382 e. The predicted molar refractivity (Wildman–Crippen MR) is 65.0 cm³/mol. The number of amides is 1. The summed E-state index contributed by atoms with van der Waals surface area (Å²) in [7, 11) is 1.57. The first-order chi connectivity index (χ1) is 7.15. The van der Waals surface area contributed by atoms with E-state index in [1.54, 1.807) is 13.2 Å². The third kappa shape index (κ3) is 4.20. The Morgan fingerprint density at radius 1 is 1.53 bits per heavy atom. The van der Waals surface area contributed by atoms with E-state index in [2.05, 4.69) is 37.3 Å². The van der Waals surface area contributed by atoms with Crippen LogP contribution in [0.5, 0.6) is 0 Å². The average Bonchev–Trinajstić information content (AvgIpc) is 2.52. The maximum atomic E-state index is 11.5. The van der Waals surface area contributed by atoms with Crippen LogP contribution in [0.2, 0.25) is 0 Å². The van der Waals surface area contributed by atoms with Crippen LogP contribution in [0, 0.1) is 0 Å². The van der Waals surface area contributed by atoms with E-state index >= 15 is 0 Å². The zero-order valence-corrected chi connectivity index (χ0v) is 11.9. The minimum atomic E-state index is -0.278. The number of rotatable bonds is 5. The van der Waals surface area contributed by atoms with Gasteiger partial charge >= 0.3 is 0 Å². The lowest BCUT2D eigenvalue weighted by Crippen LogP contribution is -2.25. The number of hydrogen-bond donors (Lipinski definition) is 1. The molecule has 4 nitrogen and oxygen atoms in total. The largest absolute Gasteiger partial charge is 0.382 e. The fourth-order valence-electron chi connectivity index (χ4n) is 0.792. The van der Waals surface area contributed by atoms with Gasteiger partial charge in [0.05, 0.1) is 26.4 Å². The molecule has 0 bridgehead atoms. The molecule has 0 saturated carbocycles. The van der Waals surface area contributed by atoms with Crippen LogP contribution in [0.3, 0.4) is 0 Å². The molecule has 1 rings (SSSR count). The van der Waals surface area contributed by atoms with E-state index in [9.17, 15) is 4.79 Å². The van der Waals surface area contributed by atoms with Crippen LogP contribution in [-0.2, 0) is 9.57 Å². The predicted octanol–water partition coefficient (Wildman–Crippen LogP) is 2.58. The second kappa shape index (κ2) is 6.59. The fourth-order valence-corrected chi connectivity index (χ4v) is 3.59. The summed E-state index contributed by atoms with van der Waals surface area (Å²) in [6.07, 6.45) is 0. The number of ether oxygens (including phenoxy) is 1. The van der Waals surface area contributed by atoms with Crippen molar-refractivity contribution in [1.29, 1.82) is 0 Å². The fraction of sp³-hybridized carbons (Fsp3) is 0.375. The molecular formula is C8H9Br2NO3S. The van der Waals surface area contributed by atoms with E-state index in [1.165, 1.54) is 11.3 Å². The van der Waals surface area contributed by atoms with Gasteiger partial charge in [-0.3, -0.25) is 9.63 Å². The zero-order chi connectivity index (χ0) is 11.3. The number of hydroxylamine groups is 1. The molecule has 0 saturated heterocycles. The van der Waals surface area contributed by atoms with E-state index in [0.717, 1.165) is 7.57 Å². The van der Waals surface area contributed by atoms with Gasteiger partial charge in [-0.2, -0.15) is 0 Å². The molecule has 15 heavy (non-hydrogen) atoms. The van der Waals surface area contributed by atoms with Crippen LogP contribution < -0.4 is 5.48 Å². The lowest BCUT2D eigenvalue weighted by atomic mass is 10.3. The molecule has 0 radical (unpaired) electrons. The molecule has 0 aliphatic heterocycles. The van der Waals surface area contributed by atoms with Crippen molar-refractivity contribution in [3.05, 3.63) is 19.2 Å². The van der Waals surface area contributed by atoms with Crippen molar-refractivity contribution in [2.24, 2.45) is 0 Å². The number of nitrogens with one attached hydrogen (secondary N) is 1. The van der Waals surface area contributed by atoms with Crippen LogP contribution in [0.4, 0.5) is 0 Å². The Kier molecular flexibility index (Phi) is 5.77. The Balaban J connectivity index is 2.43. The first kappa shape index (κ1) is 13.1. The van der Waals surface area contributed by atoms with Crippen molar-refractivity contribution in [2.75, 3.05) is 20.3 Å². The summed E-state index contributed by atoms with van der Waals surface area (Å²) in [4.78, 5) is 16.4. The minimum absolute atomic E-state index is 0.278. The second-order valence-electron chi connectivity index (χ2n) is 2.51. The monoisotopic (exact) mass is 357 g/mol. The molecule has 0 aromatic carbocycles. The maximum Gasteiger partial charge on any atom is 0.276 e. The van der Waals surface area contributed by atoms with Crippen molar-refractivity contribution in [2.45, 2.75) is 0 Å². The number of halogens is 2. The normalized spacial score (nSPS) is 10.3. The molecule has 7 heteroatoms. The van der Waals surface area contributed by atoms with E-state index in [-0.39, 0.29) is 5.91 Å². The molecular weight excluding hydrogens is 350 g/mol. The van der Waals surface area contributed by atoms with Crippen molar-refractivity contribution in [1.82, 2.24) is 5.48 Å². The molecule has 1 N–H and O–H groups in total. The number of carbonyl (C=O) groups is 1. The molecule has 0 unspecified atom stereocenters. The maximum absolute atomic E-state index is 11.5. The summed E-state index contributed by atoms with van der Waals surface area (Å²) >= 11 is 8.01. The lowest BCUT2D eigenvalue weighted by molar-refractivity contribution is 0.00887. The zero-order valence-electron chi connectivity index (χ0n) is 7.88. The van der Waals surface area contributed by atoms with Gasteiger partial charge in [0.1, 0.15) is 0 Å². The highest BCUT2D eigenvalue weighted by atomic mass is 79.9. The van der Waals surface area contributed by atoms with Gasteiger partial charge < -0.3 is 4.74 Å². The van der Waals surface area contributed by atoms with Crippen LogP contribution in [0.25, 0.3) is 0 Å². The molecule has 0 spiro atoms. The summed E-state index contributed by atoms with van der Waals surface area (Å²) in [5.41, 5.74) is 2.87. The molecule has 84 valence electrons. The van der Waals surface area contributed by atoms with Gasteiger partial charge in [0.25, 0.3) is 5.91 Å². The van der Waals surface area contributed by atoms with Gasteiger partial charge in [-0.05, 0) is 37.9 Å². The highest BCUT2D eigenvalue weighted by Gasteiger charge is 2.13. The van der Waals surface area contributed by atoms with Crippen LogP contribution >= 0.6 is 43.2 Å². The van der Waals surface area contributed by atoms with Gasteiger partial charge in [-0.1, -0.05) is 0 Å². The van der Waals surface area contributed by atoms with Crippen molar-refractivity contribution >= 4 is 49.1 Å². The third-order valence-electron chi connectivity index (χ3n) is 1.46. The first-order valence-corrected chi connectivity index (χ1v) is 6.41. The van der Waals surface area contributed by atoms with Gasteiger partial charge in [-0.15, -0.1) is 11.3 Å². The summed E-state index contributed by atoms with van der Waals surface area (Å²) in [5, 5.41) is 0. The standard InChI is InChI=1S/C8H9Br2NO3S/c1-13-2-3-14-11-8(12)5-4-6(9)15-7(5)10/h4H,2-3H2,1H3,(H,11,12). The highest BCUT2D eigenvalue weighted by molar-refractivity contribution is 9.12. The second-order valence-corrected chi connectivity index (χ2v) is 6.26. The number of methoxy groups -OCH3 is 1. The Morgan fingerprint density at radius 3 is 2.80 bits per heavy atom. The summed E-state index contributed by atoms with van der Waals surface area (Å²) < 4.78 is 6.42. The Bertz CT molecular complexity index is 343. The SMILES string of the molecule is COCCONC(=O)c1cc(Br)sc1Br. The average molecular weight is 359 g/mol. The first-order valence-electron chi connectivity index (χ1n) is 4.01. The quantitative estimate of drug-likeness (QED) is 0.650. The molecule has 0 fully saturated rings. The molecule has 0 atom stereocenters. The summed E-state index contributed by atoms with van der Waals surface area (Å²) in [6, 6.07) is 1.73. The van der Waals surface area contributed by atoms with Crippen LogP contribution in [0.1, 0.15) is 10.4 Å². The van der Waals surface area contributed by atoms with Crippen molar-refractivity contribution < 1.29 is 14.4 Å². The van der Waals surface area contributed by atoms with E-state index in [0.29, 0.717) is 18.8 Å². The van der Waals surface area contributed by atoms with Gasteiger partial charge in [0, 0.05) is 7.11 Å². The van der Waals surface area contributed by atoms with Crippen molar-refractivity contribution in [3.63, 3.8) is 0 Å². The van der Waals surface area contributed by atoms with E-state index < -0.39 is 0 Å². The molecule has 1 amide bonds. The van der Waals surface area contributed by atoms with Crippen molar-refractivity contribution in [3.8, 4) is 0 Å². The smallest absolute Gasteiger partial charge is 0.276 e. The summed E-state index contributed by atoms with van der Waals surface area (Å²) in [5.74, 6) is -0.278. The van der Waals surface area contributed by atoms with Gasteiger partial charge in [0.2, 0.25) is 0 Å². The molecule has 1 heterocycles. The number of thiophene rings is 1. The highest BCUT2D eigenvalue weighted by Crippen LogP contribution is 2.31. The Morgan fingerprint density at radius 2 is 2.27 bits per heavy atom. The van der Waals surface area contributed by atoms with Crippen LogP contribution in [0.15, 0.2) is 13.6 Å². The lowest BCUT2D eigenvalue weighted by Gasteiger charge is -2.03. The van der Waals surface area contributed by atoms with Gasteiger partial charge in [-0.25, -0.2) is 5.48 Å². The topological polar surface area (TPSA) is 47.6 Å². The number of carbonyl (C=O) groups excluding carboxylic acids is 1. The van der Waals surface area contributed by atoms with Gasteiger partial charge in [0.15, 0.2) is 0 Å². The van der Waals surface area contributed by atoms with Crippen LogP contribution in [-0.4, -0.2) is 26.2 Å². The van der Waals surface area contributed by atoms with E-state index in [4.69, 9.17) is 9.57 Å². The molecule has 0 aliphatic rings. The number of hydrogen-bond acceptors (Lipinski definition) is 4. The molecule has 0 aliphatic carbocycles. The van der Waals surface area contributed by atoms with E-state index in [1.807, 2.05) is 0 Å². The molecule has 1 aromatic rings. The Hall–Kier alpha value is 0.0500. The molecule has 1 aromatic heterocycles. The summed E-state index contributed by atoms with van der Waals surface area (Å²) in [6.45, 7) is 0.764. The Labute approximate surface area is 108 Å². The third-order valence-corrected chi connectivity index (χ3v) is 3.79.